The summed E-state index contributed by atoms with van der Waals surface area (Å²) in [6, 6.07) is 3.71. The first-order valence-corrected chi connectivity index (χ1v) is 6.61. The van der Waals surface area contributed by atoms with Crippen molar-refractivity contribution in [1.82, 2.24) is 4.57 Å². The molecule has 0 spiro atoms. The first kappa shape index (κ1) is 13.9. The van der Waals surface area contributed by atoms with Crippen LogP contribution in [0.4, 0.5) is 0 Å². The smallest absolute Gasteiger partial charge is 0.307 e. The van der Waals surface area contributed by atoms with Gasteiger partial charge >= 0.3 is 5.97 Å². The lowest BCUT2D eigenvalue weighted by molar-refractivity contribution is -0.136. The molecule has 0 unspecified atom stereocenters. The standard InChI is InChI=1S/C14H17ClN2O2/c1-9-12(15)4-3-11-10(7-13(18)19)8-17(14(9)11)6-2-5-16/h3-4,8H,2,5-7,16H2,1H3,(H,18,19). The highest BCUT2D eigenvalue weighted by Crippen LogP contribution is 2.29. The number of aryl methyl sites for hydroxylation is 2. The Hall–Kier alpha value is -1.52. The van der Waals surface area contributed by atoms with E-state index in [1.807, 2.05) is 25.3 Å². The lowest BCUT2D eigenvalue weighted by Crippen LogP contribution is -2.05. The van der Waals surface area contributed by atoms with Crippen molar-refractivity contribution in [3.05, 3.63) is 34.5 Å². The van der Waals surface area contributed by atoms with Gasteiger partial charge in [-0.2, -0.15) is 0 Å². The summed E-state index contributed by atoms with van der Waals surface area (Å²) in [7, 11) is 0. The van der Waals surface area contributed by atoms with Crippen LogP contribution in [0.3, 0.4) is 0 Å². The Kier molecular flexibility index (Phi) is 4.12. The van der Waals surface area contributed by atoms with Crippen molar-refractivity contribution >= 4 is 28.5 Å². The molecule has 2 rings (SSSR count). The van der Waals surface area contributed by atoms with E-state index in [-0.39, 0.29) is 6.42 Å². The van der Waals surface area contributed by atoms with Gasteiger partial charge in [0.2, 0.25) is 0 Å². The van der Waals surface area contributed by atoms with Crippen LogP contribution in [0.15, 0.2) is 18.3 Å². The number of hydrogen-bond acceptors (Lipinski definition) is 2. The topological polar surface area (TPSA) is 68.2 Å². The number of aromatic nitrogens is 1. The van der Waals surface area contributed by atoms with Crippen LogP contribution in [-0.2, 0) is 17.8 Å². The van der Waals surface area contributed by atoms with Crippen molar-refractivity contribution in [2.45, 2.75) is 26.3 Å². The Morgan fingerprint density at radius 3 is 2.84 bits per heavy atom. The summed E-state index contributed by atoms with van der Waals surface area (Å²) >= 11 is 6.15. The minimum absolute atomic E-state index is 0.0210. The Morgan fingerprint density at radius 1 is 1.47 bits per heavy atom. The maximum absolute atomic E-state index is 10.9. The second-order valence-corrected chi connectivity index (χ2v) is 5.04. The van der Waals surface area contributed by atoms with Crippen molar-refractivity contribution in [1.29, 1.82) is 0 Å². The number of hydrogen-bond donors (Lipinski definition) is 2. The molecule has 0 aliphatic carbocycles. The molecule has 0 aliphatic rings. The van der Waals surface area contributed by atoms with Gasteiger partial charge in [0.25, 0.3) is 0 Å². The van der Waals surface area contributed by atoms with Gasteiger partial charge in [0, 0.05) is 23.2 Å². The van der Waals surface area contributed by atoms with Gasteiger partial charge < -0.3 is 15.4 Å². The van der Waals surface area contributed by atoms with E-state index in [0.717, 1.165) is 35.0 Å². The summed E-state index contributed by atoms with van der Waals surface area (Å²) < 4.78 is 2.06. The Morgan fingerprint density at radius 2 is 2.21 bits per heavy atom. The van der Waals surface area contributed by atoms with Gasteiger partial charge in [-0.05, 0) is 37.1 Å². The number of carboxylic acids is 1. The molecule has 0 fully saturated rings. The second kappa shape index (κ2) is 5.63. The average molecular weight is 281 g/mol. The van der Waals surface area contributed by atoms with Crippen LogP contribution in [0.1, 0.15) is 17.5 Å². The molecule has 0 saturated carbocycles. The molecular weight excluding hydrogens is 264 g/mol. The molecule has 0 saturated heterocycles. The maximum Gasteiger partial charge on any atom is 0.307 e. The van der Waals surface area contributed by atoms with Crippen LogP contribution >= 0.6 is 11.6 Å². The summed E-state index contributed by atoms with van der Waals surface area (Å²) in [5.41, 5.74) is 8.35. The number of aliphatic carboxylic acids is 1. The monoisotopic (exact) mass is 280 g/mol. The van der Waals surface area contributed by atoms with Crippen LogP contribution in [0.5, 0.6) is 0 Å². The SMILES string of the molecule is Cc1c(Cl)ccc2c(CC(=O)O)cn(CCCN)c12. The number of benzene rings is 1. The summed E-state index contributed by atoms with van der Waals surface area (Å²) in [6.07, 6.45) is 2.77. The first-order valence-electron chi connectivity index (χ1n) is 6.23. The molecule has 0 atom stereocenters. The van der Waals surface area contributed by atoms with Crippen LogP contribution < -0.4 is 5.73 Å². The van der Waals surface area contributed by atoms with E-state index in [9.17, 15) is 4.79 Å². The molecule has 0 radical (unpaired) electrons. The fourth-order valence-electron chi connectivity index (χ4n) is 2.37. The summed E-state index contributed by atoms with van der Waals surface area (Å²) in [5, 5.41) is 10.6. The molecule has 5 heteroatoms. The van der Waals surface area contributed by atoms with Crippen molar-refractivity contribution in [2.75, 3.05) is 6.54 Å². The number of nitrogens with two attached hydrogens (primary N) is 1. The van der Waals surface area contributed by atoms with E-state index in [1.54, 1.807) is 0 Å². The second-order valence-electron chi connectivity index (χ2n) is 4.63. The van der Waals surface area contributed by atoms with Crippen molar-refractivity contribution < 1.29 is 9.90 Å². The minimum atomic E-state index is -0.828. The van der Waals surface area contributed by atoms with E-state index in [1.165, 1.54) is 0 Å². The molecule has 4 nitrogen and oxygen atoms in total. The molecular formula is C14H17ClN2O2. The highest BCUT2D eigenvalue weighted by Gasteiger charge is 2.14. The minimum Gasteiger partial charge on any atom is -0.481 e. The predicted octanol–water partition coefficient (Wildman–Crippen LogP) is 2.58. The predicted molar refractivity (Wildman–Crippen MR) is 76.7 cm³/mol. The Bertz CT molecular complexity index is 619. The molecule has 2 aromatic rings. The number of carbonyl (C=O) groups is 1. The number of rotatable bonds is 5. The number of nitrogens with zero attached hydrogens (tertiary/aromatic N) is 1. The van der Waals surface area contributed by atoms with Crippen molar-refractivity contribution in [3.8, 4) is 0 Å². The molecule has 3 N–H and O–H groups in total. The zero-order chi connectivity index (χ0) is 14.0. The fourth-order valence-corrected chi connectivity index (χ4v) is 2.52. The number of carboxylic acid groups (broad SMARTS) is 1. The Labute approximate surface area is 116 Å². The third kappa shape index (κ3) is 2.74. The van der Waals surface area contributed by atoms with Gasteiger partial charge in [-0.15, -0.1) is 0 Å². The van der Waals surface area contributed by atoms with Crippen molar-refractivity contribution in [2.24, 2.45) is 5.73 Å². The van der Waals surface area contributed by atoms with Crippen LogP contribution in [-0.4, -0.2) is 22.2 Å². The zero-order valence-electron chi connectivity index (χ0n) is 10.8. The quantitative estimate of drug-likeness (QED) is 0.884. The van der Waals surface area contributed by atoms with Gasteiger partial charge in [0.1, 0.15) is 0 Å². The number of halogens is 1. The van der Waals surface area contributed by atoms with E-state index < -0.39 is 5.97 Å². The van der Waals surface area contributed by atoms with Crippen LogP contribution in [0.2, 0.25) is 5.02 Å². The largest absolute Gasteiger partial charge is 0.481 e. The van der Waals surface area contributed by atoms with E-state index in [2.05, 4.69) is 4.57 Å². The molecule has 1 heterocycles. The van der Waals surface area contributed by atoms with E-state index in [4.69, 9.17) is 22.4 Å². The molecule has 19 heavy (non-hydrogen) atoms. The molecule has 0 amide bonds. The number of fused-ring (bicyclic) bond motifs is 1. The van der Waals surface area contributed by atoms with Crippen LogP contribution in [0.25, 0.3) is 10.9 Å². The summed E-state index contributed by atoms with van der Waals surface area (Å²) in [4.78, 5) is 10.9. The molecule has 1 aromatic carbocycles. The van der Waals surface area contributed by atoms with Crippen LogP contribution in [0, 0.1) is 6.92 Å². The Balaban J connectivity index is 2.59. The van der Waals surface area contributed by atoms with Gasteiger partial charge in [0.15, 0.2) is 0 Å². The van der Waals surface area contributed by atoms with Gasteiger partial charge in [-0.25, -0.2) is 0 Å². The third-order valence-corrected chi connectivity index (χ3v) is 3.66. The highest BCUT2D eigenvalue weighted by atomic mass is 35.5. The van der Waals surface area contributed by atoms with E-state index >= 15 is 0 Å². The van der Waals surface area contributed by atoms with E-state index in [0.29, 0.717) is 11.6 Å². The van der Waals surface area contributed by atoms with Gasteiger partial charge in [0.05, 0.1) is 11.9 Å². The summed E-state index contributed by atoms with van der Waals surface area (Å²) in [5.74, 6) is -0.828. The third-order valence-electron chi connectivity index (χ3n) is 3.25. The zero-order valence-corrected chi connectivity index (χ0v) is 11.6. The molecule has 102 valence electrons. The summed E-state index contributed by atoms with van der Waals surface area (Å²) in [6.45, 7) is 3.33. The molecule has 0 aliphatic heterocycles. The molecule has 1 aromatic heterocycles. The van der Waals surface area contributed by atoms with Gasteiger partial charge in [-0.3, -0.25) is 4.79 Å². The lowest BCUT2D eigenvalue weighted by Gasteiger charge is -2.07. The fraction of sp³-hybridized carbons (Fsp3) is 0.357. The lowest BCUT2D eigenvalue weighted by atomic mass is 10.1. The average Bonchev–Trinajstić information content (AvgIpc) is 2.69. The first-order chi connectivity index (χ1) is 9.04. The maximum atomic E-state index is 10.9. The molecule has 0 bridgehead atoms. The van der Waals surface area contributed by atoms with Crippen molar-refractivity contribution in [3.63, 3.8) is 0 Å². The van der Waals surface area contributed by atoms with Gasteiger partial charge in [-0.1, -0.05) is 17.7 Å². The normalized spacial score (nSPS) is 11.1. The highest BCUT2D eigenvalue weighted by molar-refractivity contribution is 6.32.